The number of hydrogen-bond acceptors (Lipinski definition) is 7. The van der Waals surface area contributed by atoms with Crippen molar-refractivity contribution in [3.05, 3.63) is 60.3 Å². The maximum absolute atomic E-state index is 11.3. The lowest BCUT2D eigenvalue weighted by Gasteiger charge is -2.13. The maximum atomic E-state index is 11.3. The number of aromatic nitrogens is 4. The average Bonchev–Trinajstić information content (AvgIpc) is 3.13. The number of nitrogens with zero attached hydrogens (tertiary/aromatic N) is 5. The number of amides is 1. The molecule has 0 saturated carbocycles. The summed E-state index contributed by atoms with van der Waals surface area (Å²) in [5.74, 6) is 1.55. The number of carbonyl (C=O) groups excluding carboxylic acids is 1. The Kier molecular flexibility index (Phi) is 4.97. The number of aryl methyl sites for hydroxylation is 1. The van der Waals surface area contributed by atoms with Crippen LogP contribution in [0, 0.1) is 11.3 Å². The highest BCUT2D eigenvalue weighted by atomic mass is 16.1. The number of hydrogen-bond donors (Lipinski definition) is 3. The van der Waals surface area contributed by atoms with Gasteiger partial charge in [0.1, 0.15) is 17.7 Å². The number of rotatable bonds is 5. The molecule has 9 heteroatoms. The Labute approximate surface area is 172 Å². The number of benzene rings is 2. The summed E-state index contributed by atoms with van der Waals surface area (Å²) in [5, 5.41) is 23.5. The van der Waals surface area contributed by atoms with E-state index < -0.39 is 0 Å². The van der Waals surface area contributed by atoms with E-state index in [2.05, 4.69) is 37.1 Å². The highest BCUT2D eigenvalue weighted by molar-refractivity contribution is 5.92. The Bertz CT molecular complexity index is 1290. The normalized spacial score (nSPS) is 10.4. The van der Waals surface area contributed by atoms with E-state index in [0.29, 0.717) is 28.7 Å². The first-order chi connectivity index (χ1) is 14.5. The molecule has 2 aromatic carbocycles. The molecule has 9 nitrogen and oxygen atoms in total. The van der Waals surface area contributed by atoms with Crippen LogP contribution in [0.15, 0.2) is 54.7 Å². The van der Waals surface area contributed by atoms with Gasteiger partial charge in [0.15, 0.2) is 0 Å². The largest absolute Gasteiger partial charge is 0.325 e. The number of carbonyl (C=O) groups is 1. The molecule has 2 aromatic heterocycles. The van der Waals surface area contributed by atoms with E-state index in [9.17, 15) is 10.1 Å². The van der Waals surface area contributed by atoms with Crippen molar-refractivity contribution < 1.29 is 4.79 Å². The first kappa shape index (κ1) is 18.9. The number of nitriles is 1. The van der Waals surface area contributed by atoms with Crippen LogP contribution >= 0.6 is 0 Å². The van der Waals surface area contributed by atoms with Gasteiger partial charge in [-0.25, -0.2) is 4.98 Å². The van der Waals surface area contributed by atoms with Crippen molar-refractivity contribution in [1.29, 1.82) is 5.26 Å². The standard InChI is InChI=1S/C21H18N8O/c1-13(30)24-17-8-7-15(11-14(17)12-22)25-21-26-18-6-4-3-5-16(18)20(28-21)27-19-9-10-23-29(19)2/h3-11H,1-2H3,(H,24,30)(H2,25,26,27,28). The maximum Gasteiger partial charge on any atom is 0.229 e. The second-order valence-electron chi connectivity index (χ2n) is 6.56. The lowest BCUT2D eigenvalue weighted by atomic mass is 10.1. The molecule has 0 bridgehead atoms. The van der Waals surface area contributed by atoms with Gasteiger partial charge in [0, 0.05) is 31.1 Å². The molecule has 0 unspecified atom stereocenters. The minimum Gasteiger partial charge on any atom is -0.325 e. The summed E-state index contributed by atoms with van der Waals surface area (Å²) >= 11 is 0. The number of nitrogens with one attached hydrogen (secondary N) is 3. The fraction of sp³-hybridized carbons (Fsp3) is 0.0952. The monoisotopic (exact) mass is 398 g/mol. The Hall–Kier alpha value is -4.45. The summed E-state index contributed by atoms with van der Waals surface area (Å²) in [6.07, 6.45) is 1.70. The topological polar surface area (TPSA) is 121 Å². The highest BCUT2D eigenvalue weighted by Crippen LogP contribution is 2.27. The Morgan fingerprint density at radius 3 is 2.67 bits per heavy atom. The molecule has 0 fully saturated rings. The van der Waals surface area contributed by atoms with Crippen LogP contribution in [-0.4, -0.2) is 25.7 Å². The van der Waals surface area contributed by atoms with E-state index in [1.54, 1.807) is 29.1 Å². The smallest absolute Gasteiger partial charge is 0.229 e. The summed E-state index contributed by atoms with van der Waals surface area (Å²) < 4.78 is 1.71. The predicted molar refractivity (Wildman–Crippen MR) is 115 cm³/mol. The van der Waals surface area contributed by atoms with E-state index in [1.165, 1.54) is 6.92 Å². The van der Waals surface area contributed by atoms with Gasteiger partial charge in [-0.1, -0.05) is 12.1 Å². The van der Waals surface area contributed by atoms with E-state index in [4.69, 9.17) is 0 Å². The summed E-state index contributed by atoms with van der Waals surface area (Å²) in [6.45, 7) is 1.40. The van der Waals surface area contributed by atoms with E-state index >= 15 is 0 Å². The number of anilines is 5. The van der Waals surface area contributed by atoms with Gasteiger partial charge in [-0.2, -0.15) is 15.3 Å². The van der Waals surface area contributed by atoms with Crippen molar-refractivity contribution in [1.82, 2.24) is 19.7 Å². The molecular weight excluding hydrogens is 380 g/mol. The molecule has 2 heterocycles. The lowest BCUT2D eigenvalue weighted by Crippen LogP contribution is -2.08. The third-order valence-electron chi connectivity index (χ3n) is 4.38. The van der Waals surface area contributed by atoms with Gasteiger partial charge in [-0.05, 0) is 30.3 Å². The van der Waals surface area contributed by atoms with Crippen LogP contribution in [0.2, 0.25) is 0 Å². The van der Waals surface area contributed by atoms with E-state index in [1.807, 2.05) is 37.4 Å². The molecule has 0 aliphatic rings. The van der Waals surface area contributed by atoms with Crippen LogP contribution < -0.4 is 16.0 Å². The first-order valence-corrected chi connectivity index (χ1v) is 9.14. The van der Waals surface area contributed by atoms with Crippen LogP contribution in [0.1, 0.15) is 12.5 Å². The predicted octanol–water partition coefficient (Wildman–Crippen LogP) is 3.68. The van der Waals surface area contributed by atoms with Crippen molar-refractivity contribution >= 4 is 45.8 Å². The fourth-order valence-electron chi connectivity index (χ4n) is 2.99. The van der Waals surface area contributed by atoms with Gasteiger partial charge in [-0.15, -0.1) is 0 Å². The third-order valence-corrected chi connectivity index (χ3v) is 4.38. The SMILES string of the molecule is CC(=O)Nc1ccc(Nc2nc(Nc3ccnn3C)c3ccccc3n2)cc1C#N. The molecule has 30 heavy (non-hydrogen) atoms. The fourth-order valence-corrected chi connectivity index (χ4v) is 2.99. The second kappa shape index (κ2) is 7.89. The van der Waals surface area contributed by atoms with Crippen LogP contribution in [0.5, 0.6) is 0 Å². The zero-order valence-corrected chi connectivity index (χ0v) is 16.3. The molecule has 148 valence electrons. The minimum atomic E-state index is -0.240. The van der Waals surface area contributed by atoms with E-state index in [0.717, 1.165) is 16.7 Å². The molecule has 0 saturated heterocycles. The summed E-state index contributed by atoms with van der Waals surface area (Å²) in [6, 6.07) is 16.7. The Morgan fingerprint density at radius 1 is 1.10 bits per heavy atom. The first-order valence-electron chi connectivity index (χ1n) is 9.14. The van der Waals surface area contributed by atoms with Crippen molar-refractivity contribution in [2.75, 3.05) is 16.0 Å². The molecule has 4 rings (SSSR count). The molecule has 3 N–H and O–H groups in total. The zero-order chi connectivity index (χ0) is 21.1. The Morgan fingerprint density at radius 2 is 1.93 bits per heavy atom. The van der Waals surface area contributed by atoms with Crippen LogP contribution in [0.4, 0.5) is 29.0 Å². The summed E-state index contributed by atoms with van der Waals surface area (Å²) in [7, 11) is 1.84. The molecule has 1 amide bonds. The minimum absolute atomic E-state index is 0.240. The highest BCUT2D eigenvalue weighted by Gasteiger charge is 2.11. The van der Waals surface area contributed by atoms with Gasteiger partial charge in [0.25, 0.3) is 0 Å². The quantitative estimate of drug-likeness (QED) is 0.469. The molecule has 0 atom stereocenters. The van der Waals surface area contributed by atoms with Gasteiger partial charge in [0.2, 0.25) is 11.9 Å². The van der Waals surface area contributed by atoms with Crippen molar-refractivity contribution in [2.45, 2.75) is 6.92 Å². The summed E-state index contributed by atoms with van der Waals surface area (Å²) in [4.78, 5) is 20.5. The van der Waals surface area contributed by atoms with Crippen molar-refractivity contribution in [3.63, 3.8) is 0 Å². The van der Waals surface area contributed by atoms with Crippen molar-refractivity contribution in [2.24, 2.45) is 7.05 Å². The second-order valence-corrected chi connectivity index (χ2v) is 6.56. The van der Waals surface area contributed by atoms with Crippen LogP contribution in [0.25, 0.3) is 10.9 Å². The third kappa shape index (κ3) is 3.88. The molecule has 0 aliphatic heterocycles. The Balaban J connectivity index is 1.70. The summed E-state index contributed by atoms with van der Waals surface area (Å²) in [5.41, 5.74) is 2.18. The van der Waals surface area contributed by atoms with Gasteiger partial charge >= 0.3 is 0 Å². The van der Waals surface area contributed by atoms with Gasteiger partial charge < -0.3 is 16.0 Å². The molecule has 0 spiro atoms. The van der Waals surface area contributed by atoms with Gasteiger partial charge in [-0.3, -0.25) is 9.48 Å². The van der Waals surface area contributed by atoms with Crippen LogP contribution in [-0.2, 0) is 11.8 Å². The lowest BCUT2D eigenvalue weighted by molar-refractivity contribution is -0.114. The van der Waals surface area contributed by atoms with Crippen molar-refractivity contribution in [3.8, 4) is 6.07 Å². The molecule has 0 aliphatic carbocycles. The molecular formula is C21H18N8O. The number of para-hydroxylation sites is 1. The average molecular weight is 398 g/mol. The molecule has 0 radical (unpaired) electrons. The number of fused-ring (bicyclic) bond motifs is 1. The molecule has 4 aromatic rings. The zero-order valence-electron chi connectivity index (χ0n) is 16.3. The van der Waals surface area contributed by atoms with Crippen LogP contribution in [0.3, 0.4) is 0 Å². The van der Waals surface area contributed by atoms with Gasteiger partial charge in [0.05, 0.1) is 23.0 Å². The van der Waals surface area contributed by atoms with E-state index in [-0.39, 0.29) is 5.91 Å².